The molecule has 2 heterocycles. The standard InChI is InChI=1S/C30H29N5O2/c1-3-15-34(2)18-23-7-4-5-10-25(23)20-11-13-21(14-12-20)27-29(36)28-26(17-32-27)33-19-35(28)24-9-6-8-22(16-24)30(31)37/h4-14,16-17,19,27H,3,15,18H2,1-2H3,(H2,31,37). The zero-order valence-electron chi connectivity index (χ0n) is 21.0. The van der Waals surface area contributed by atoms with Gasteiger partial charge in [0.15, 0.2) is 0 Å². The minimum Gasteiger partial charge on any atom is -0.366 e. The molecule has 2 N–H and O–H groups in total. The summed E-state index contributed by atoms with van der Waals surface area (Å²) in [4.78, 5) is 36.5. The molecule has 0 saturated heterocycles. The Balaban J connectivity index is 1.43. The lowest BCUT2D eigenvalue weighted by Crippen LogP contribution is -2.21. The molecule has 7 heteroatoms. The van der Waals surface area contributed by atoms with Crippen LogP contribution in [0.4, 0.5) is 0 Å². The predicted molar refractivity (Wildman–Crippen MR) is 145 cm³/mol. The van der Waals surface area contributed by atoms with E-state index in [-0.39, 0.29) is 5.78 Å². The van der Waals surface area contributed by atoms with Gasteiger partial charge in [-0.05, 0) is 60.5 Å². The lowest BCUT2D eigenvalue weighted by Gasteiger charge is -2.19. The Morgan fingerprint density at radius 3 is 2.59 bits per heavy atom. The Hall–Kier alpha value is -4.36. The zero-order valence-corrected chi connectivity index (χ0v) is 21.0. The van der Waals surface area contributed by atoms with Crippen molar-refractivity contribution in [2.45, 2.75) is 25.9 Å². The molecule has 0 bridgehead atoms. The average Bonchev–Trinajstić information content (AvgIpc) is 3.35. The number of carbonyl (C=O) groups is 2. The summed E-state index contributed by atoms with van der Waals surface area (Å²) in [6.45, 7) is 4.10. The van der Waals surface area contributed by atoms with Crippen LogP contribution in [0.15, 0.2) is 84.1 Å². The van der Waals surface area contributed by atoms with Crippen molar-refractivity contribution in [3.63, 3.8) is 0 Å². The van der Waals surface area contributed by atoms with Gasteiger partial charge in [-0.3, -0.25) is 19.1 Å². The summed E-state index contributed by atoms with van der Waals surface area (Å²) < 4.78 is 1.69. The van der Waals surface area contributed by atoms with Gasteiger partial charge < -0.3 is 10.6 Å². The highest BCUT2D eigenvalue weighted by Crippen LogP contribution is 2.31. The monoisotopic (exact) mass is 491 g/mol. The molecular formula is C30H29N5O2. The van der Waals surface area contributed by atoms with Gasteiger partial charge in [0.25, 0.3) is 0 Å². The number of aliphatic imine (C=N–C) groups is 1. The molecule has 3 aromatic carbocycles. The van der Waals surface area contributed by atoms with Crippen molar-refractivity contribution in [1.29, 1.82) is 0 Å². The van der Waals surface area contributed by atoms with E-state index in [0.29, 0.717) is 22.6 Å². The Morgan fingerprint density at radius 1 is 1.05 bits per heavy atom. The molecule has 1 aliphatic rings. The summed E-state index contributed by atoms with van der Waals surface area (Å²) >= 11 is 0. The first-order valence-corrected chi connectivity index (χ1v) is 12.4. The van der Waals surface area contributed by atoms with E-state index in [4.69, 9.17) is 5.73 Å². The number of imidazole rings is 1. The fraction of sp³-hybridized carbons (Fsp3) is 0.200. The van der Waals surface area contributed by atoms with Gasteiger partial charge in [-0.1, -0.05) is 61.5 Å². The number of primary amides is 1. The number of fused-ring (bicyclic) bond motifs is 1. The summed E-state index contributed by atoms with van der Waals surface area (Å²) in [6, 6.07) is 22.7. The third-order valence-electron chi connectivity index (χ3n) is 6.63. The third kappa shape index (κ3) is 4.86. The molecule has 1 amide bonds. The minimum atomic E-state index is -0.665. The molecule has 0 saturated carbocycles. The van der Waals surface area contributed by atoms with Crippen molar-refractivity contribution in [1.82, 2.24) is 14.5 Å². The van der Waals surface area contributed by atoms with Gasteiger partial charge in [0.2, 0.25) is 11.7 Å². The number of rotatable bonds is 8. The maximum Gasteiger partial charge on any atom is 0.248 e. The second-order valence-electron chi connectivity index (χ2n) is 9.32. The molecular weight excluding hydrogens is 462 g/mol. The number of aromatic nitrogens is 2. The van der Waals surface area contributed by atoms with Crippen LogP contribution in [0.1, 0.15) is 57.1 Å². The minimum absolute atomic E-state index is 0.145. The molecule has 7 nitrogen and oxygen atoms in total. The Labute approximate surface area is 216 Å². The van der Waals surface area contributed by atoms with E-state index in [1.165, 1.54) is 11.1 Å². The SMILES string of the molecule is CCCN(C)Cc1ccccc1-c1ccc(C2N=Cc3ncn(-c4cccc(C(N)=O)c4)c3C2=O)cc1. The smallest absolute Gasteiger partial charge is 0.248 e. The van der Waals surface area contributed by atoms with Crippen LogP contribution in [0.2, 0.25) is 0 Å². The number of benzene rings is 3. The lowest BCUT2D eigenvalue weighted by molar-refractivity contribution is 0.0952. The number of nitrogens with two attached hydrogens (primary N) is 1. The van der Waals surface area contributed by atoms with E-state index in [9.17, 15) is 9.59 Å². The number of nitrogens with zero attached hydrogens (tertiary/aromatic N) is 4. The molecule has 1 atom stereocenters. The van der Waals surface area contributed by atoms with E-state index < -0.39 is 11.9 Å². The van der Waals surface area contributed by atoms with E-state index in [0.717, 1.165) is 30.6 Å². The quantitative estimate of drug-likeness (QED) is 0.382. The van der Waals surface area contributed by atoms with Crippen molar-refractivity contribution in [3.8, 4) is 16.8 Å². The molecule has 1 aromatic heterocycles. The summed E-state index contributed by atoms with van der Waals surface area (Å²) in [5, 5.41) is 0. The summed E-state index contributed by atoms with van der Waals surface area (Å²) in [7, 11) is 2.14. The molecule has 4 aromatic rings. The Bertz CT molecular complexity index is 1490. The van der Waals surface area contributed by atoms with Crippen molar-refractivity contribution in [3.05, 3.63) is 107 Å². The van der Waals surface area contributed by atoms with E-state index in [1.807, 2.05) is 18.2 Å². The summed E-state index contributed by atoms with van der Waals surface area (Å²) in [5.41, 5.74) is 11.8. The van der Waals surface area contributed by atoms with Crippen LogP contribution >= 0.6 is 0 Å². The molecule has 0 aliphatic carbocycles. The zero-order chi connectivity index (χ0) is 25.9. The first kappa shape index (κ1) is 24.3. The summed E-state index contributed by atoms with van der Waals surface area (Å²) in [5.74, 6) is -0.672. The number of carbonyl (C=O) groups excluding carboxylic acids is 2. The Morgan fingerprint density at radius 2 is 1.84 bits per heavy atom. The lowest BCUT2D eigenvalue weighted by atomic mass is 9.94. The second-order valence-corrected chi connectivity index (χ2v) is 9.32. The normalized spacial score (nSPS) is 14.7. The molecule has 5 rings (SSSR count). The maximum atomic E-state index is 13.6. The average molecular weight is 492 g/mol. The van der Waals surface area contributed by atoms with Crippen molar-refractivity contribution < 1.29 is 9.59 Å². The van der Waals surface area contributed by atoms with Crippen molar-refractivity contribution in [2.24, 2.45) is 10.7 Å². The largest absolute Gasteiger partial charge is 0.366 e. The van der Waals surface area contributed by atoms with Gasteiger partial charge in [0.1, 0.15) is 23.8 Å². The molecule has 0 fully saturated rings. The Kier molecular flexibility index (Phi) is 6.79. The van der Waals surface area contributed by atoms with Crippen LogP contribution in [-0.4, -0.2) is 45.9 Å². The van der Waals surface area contributed by atoms with Crippen LogP contribution in [0.25, 0.3) is 16.8 Å². The highest BCUT2D eigenvalue weighted by atomic mass is 16.1. The fourth-order valence-electron chi connectivity index (χ4n) is 4.82. The topological polar surface area (TPSA) is 93.6 Å². The predicted octanol–water partition coefficient (Wildman–Crippen LogP) is 4.84. The number of amides is 1. The van der Waals surface area contributed by atoms with E-state index in [2.05, 4.69) is 65.2 Å². The highest BCUT2D eigenvalue weighted by Gasteiger charge is 2.31. The van der Waals surface area contributed by atoms with Crippen LogP contribution in [0.3, 0.4) is 0 Å². The van der Waals surface area contributed by atoms with Gasteiger partial charge in [-0.15, -0.1) is 0 Å². The number of hydrogen-bond acceptors (Lipinski definition) is 5. The van der Waals surface area contributed by atoms with Crippen LogP contribution in [0, 0.1) is 0 Å². The molecule has 1 aliphatic heterocycles. The molecule has 186 valence electrons. The fourth-order valence-corrected chi connectivity index (χ4v) is 4.82. The van der Waals surface area contributed by atoms with Gasteiger partial charge in [0.05, 0.1) is 6.21 Å². The van der Waals surface area contributed by atoms with Crippen LogP contribution in [0.5, 0.6) is 0 Å². The number of hydrogen-bond donors (Lipinski definition) is 1. The molecule has 37 heavy (non-hydrogen) atoms. The maximum absolute atomic E-state index is 13.6. The van der Waals surface area contributed by atoms with Gasteiger partial charge in [-0.2, -0.15) is 0 Å². The third-order valence-corrected chi connectivity index (χ3v) is 6.63. The highest BCUT2D eigenvalue weighted by molar-refractivity contribution is 6.08. The second kappa shape index (κ2) is 10.3. The number of ketones is 1. The van der Waals surface area contributed by atoms with Crippen LogP contribution < -0.4 is 5.73 Å². The van der Waals surface area contributed by atoms with Crippen molar-refractivity contribution >= 4 is 17.9 Å². The van der Waals surface area contributed by atoms with Crippen molar-refractivity contribution in [2.75, 3.05) is 13.6 Å². The van der Waals surface area contributed by atoms with Gasteiger partial charge in [-0.25, -0.2) is 4.98 Å². The molecule has 1 unspecified atom stereocenters. The van der Waals surface area contributed by atoms with E-state index >= 15 is 0 Å². The van der Waals surface area contributed by atoms with Gasteiger partial charge in [0, 0.05) is 17.8 Å². The van der Waals surface area contributed by atoms with Gasteiger partial charge >= 0.3 is 0 Å². The van der Waals surface area contributed by atoms with Crippen LogP contribution in [-0.2, 0) is 6.54 Å². The first-order chi connectivity index (χ1) is 18.0. The van der Waals surface area contributed by atoms with E-state index in [1.54, 1.807) is 35.3 Å². The number of Topliss-reactive ketones (excluding diaryl/α,β-unsaturated/α-hetero) is 1. The summed E-state index contributed by atoms with van der Waals surface area (Å²) in [6.07, 6.45) is 4.33. The molecule has 0 radical (unpaired) electrons. The molecule has 0 spiro atoms. The first-order valence-electron chi connectivity index (χ1n) is 12.4.